The van der Waals surface area contributed by atoms with Crippen molar-refractivity contribution in [1.82, 2.24) is 5.32 Å². The van der Waals surface area contributed by atoms with E-state index in [0.29, 0.717) is 12.3 Å². The van der Waals surface area contributed by atoms with Gasteiger partial charge in [-0.2, -0.15) is 16.2 Å². The fraction of sp³-hybridized carbons (Fsp3) is 0.500. The summed E-state index contributed by atoms with van der Waals surface area (Å²) in [7, 11) is 0. The average Bonchev–Trinajstić information content (AvgIpc) is 2.45. The first-order valence-electron chi connectivity index (χ1n) is 3.77. The quantitative estimate of drug-likeness (QED) is 0.716. The molecular formula is C8H12FNOS. The number of furan rings is 1. The van der Waals surface area contributed by atoms with Gasteiger partial charge in [0.2, 0.25) is 0 Å². The molecule has 68 valence electrons. The van der Waals surface area contributed by atoms with Crippen molar-refractivity contribution in [3.8, 4) is 0 Å². The van der Waals surface area contributed by atoms with Crippen LogP contribution in [0.25, 0.3) is 0 Å². The minimum atomic E-state index is -0.517. The summed E-state index contributed by atoms with van der Waals surface area (Å²) in [4.78, 5) is 0. The minimum absolute atomic E-state index is 0.517. The van der Waals surface area contributed by atoms with Crippen molar-refractivity contribution in [1.29, 1.82) is 0 Å². The number of rotatable bonds is 5. The third-order valence-corrected chi connectivity index (χ3v) is 2.02. The molecule has 0 saturated carbocycles. The smallest absolute Gasteiger partial charge is 0.277 e. The Bertz CT molecular complexity index is 227. The third-order valence-electron chi connectivity index (χ3n) is 1.41. The number of hydrogen-bond donors (Lipinski definition) is 1. The second-order valence-electron chi connectivity index (χ2n) is 2.38. The van der Waals surface area contributed by atoms with Gasteiger partial charge in [-0.15, -0.1) is 0 Å². The van der Waals surface area contributed by atoms with Crippen LogP contribution in [0.2, 0.25) is 0 Å². The van der Waals surface area contributed by atoms with Crippen molar-refractivity contribution in [2.45, 2.75) is 6.54 Å². The fourth-order valence-electron chi connectivity index (χ4n) is 0.833. The summed E-state index contributed by atoms with van der Waals surface area (Å²) in [6.07, 6.45) is 2.05. The largest absolute Gasteiger partial charge is 0.435 e. The van der Waals surface area contributed by atoms with Crippen LogP contribution in [0.4, 0.5) is 4.39 Å². The molecule has 0 aliphatic carbocycles. The molecule has 2 nitrogen and oxygen atoms in total. The van der Waals surface area contributed by atoms with Gasteiger partial charge in [0.1, 0.15) is 5.76 Å². The standard InChI is InChI=1S/C8H12FNOS/c1-12-5-4-10-6-7-2-3-8(9)11-7/h2-3,10H,4-6H2,1H3. The van der Waals surface area contributed by atoms with Crippen molar-refractivity contribution >= 4 is 11.8 Å². The lowest BCUT2D eigenvalue weighted by atomic mass is 10.4. The van der Waals surface area contributed by atoms with Gasteiger partial charge >= 0.3 is 0 Å². The summed E-state index contributed by atoms with van der Waals surface area (Å²) in [5.41, 5.74) is 0. The zero-order chi connectivity index (χ0) is 8.81. The van der Waals surface area contributed by atoms with Crippen LogP contribution >= 0.6 is 11.8 Å². The molecular weight excluding hydrogens is 177 g/mol. The van der Waals surface area contributed by atoms with Crippen molar-refractivity contribution in [3.63, 3.8) is 0 Å². The molecule has 0 aliphatic heterocycles. The lowest BCUT2D eigenvalue weighted by Crippen LogP contribution is -2.15. The van der Waals surface area contributed by atoms with Crippen molar-refractivity contribution < 1.29 is 8.81 Å². The Labute approximate surface area is 75.5 Å². The summed E-state index contributed by atoms with van der Waals surface area (Å²) in [5, 5.41) is 3.13. The lowest BCUT2D eigenvalue weighted by molar-refractivity contribution is 0.332. The normalized spacial score (nSPS) is 10.5. The molecule has 1 N–H and O–H groups in total. The second-order valence-corrected chi connectivity index (χ2v) is 3.36. The van der Waals surface area contributed by atoms with E-state index >= 15 is 0 Å². The average molecular weight is 189 g/mol. The Kier molecular flexibility index (Phi) is 4.18. The first-order valence-corrected chi connectivity index (χ1v) is 5.16. The van der Waals surface area contributed by atoms with Gasteiger partial charge in [0.05, 0.1) is 6.54 Å². The molecule has 0 radical (unpaired) electrons. The van der Waals surface area contributed by atoms with Crippen LogP contribution in [0.1, 0.15) is 5.76 Å². The highest BCUT2D eigenvalue weighted by Crippen LogP contribution is 2.04. The molecule has 0 amide bonds. The van der Waals surface area contributed by atoms with E-state index in [0.717, 1.165) is 12.3 Å². The molecule has 4 heteroatoms. The molecule has 1 rings (SSSR count). The van der Waals surface area contributed by atoms with Gasteiger partial charge in [-0.05, 0) is 12.3 Å². The van der Waals surface area contributed by atoms with Gasteiger partial charge in [0, 0.05) is 18.4 Å². The number of nitrogens with one attached hydrogen (secondary N) is 1. The van der Waals surface area contributed by atoms with Crippen LogP contribution < -0.4 is 5.32 Å². The second kappa shape index (κ2) is 5.22. The Balaban J connectivity index is 2.15. The molecule has 1 heterocycles. The van der Waals surface area contributed by atoms with Crippen LogP contribution in [-0.4, -0.2) is 18.6 Å². The van der Waals surface area contributed by atoms with Crippen LogP contribution in [0, 0.1) is 6.01 Å². The van der Waals surface area contributed by atoms with Crippen molar-refractivity contribution in [3.05, 3.63) is 23.9 Å². The summed E-state index contributed by atoms with van der Waals surface area (Å²) in [6, 6.07) is 2.45. The summed E-state index contributed by atoms with van der Waals surface area (Å²) < 4.78 is 17.0. The van der Waals surface area contributed by atoms with E-state index in [2.05, 4.69) is 5.32 Å². The number of hydrogen-bond acceptors (Lipinski definition) is 3. The third kappa shape index (κ3) is 3.28. The van der Waals surface area contributed by atoms with E-state index in [-0.39, 0.29) is 0 Å². The highest BCUT2D eigenvalue weighted by atomic mass is 32.2. The zero-order valence-corrected chi connectivity index (χ0v) is 7.79. The van der Waals surface area contributed by atoms with Gasteiger partial charge in [0.25, 0.3) is 6.01 Å². The van der Waals surface area contributed by atoms with E-state index in [1.165, 1.54) is 6.07 Å². The Morgan fingerprint density at radius 1 is 1.58 bits per heavy atom. The van der Waals surface area contributed by atoms with Crippen LogP contribution in [0.3, 0.4) is 0 Å². The SMILES string of the molecule is CSCCNCc1ccc(F)o1. The molecule has 0 atom stereocenters. The zero-order valence-electron chi connectivity index (χ0n) is 6.97. The highest BCUT2D eigenvalue weighted by molar-refractivity contribution is 7.98. The predicted molar refractivity (Wildman–Crippen MR) is 48.8 cm³/mol. The van der Waals surface area contributed by atoms with E-state index in [9.17, 15) is 4.39 Å². The topological polar surface area (TPSA) is 25.2 Å². The van der Waals surface area contributed by atoms with Crippen molar-refractivity contribution in [2.75, 3.05) is 18.6 Å². The molecule has 0 spiro atoms. The molecule has 0 saturated heterocycles. The maximum Gasteiger partial charge on any atom is 0.277 e. The maximum absolute atomic E-state index is 12.3. The van der Waals surface area contributed by atoms with Crippen LogP contribution in [0.15, 0.2) is 16.5 Å². The predicted octanol–water partition coefficient (Wildman–Crippen LogP) is 1.87. The Hall–Kier alpha value is -0.480. The molecule has 0 aliphatic rings. The summed E-state index contributed by atoms with van der Waals surface area (Å²) in [5.74, 6) is 1.71. The Morgan fingerprint density at radius 2 is 2.42 bits per heavy atom. The number of halogens is 1. The van der Waals surface area contributed by atoms with Gasteiger partial charge in [-0.1, -0.05) is 0 Å². The van der Waals surface area contributed by atoms with E-state index in [4.69, 9.17) is 4.42 Å². The molecule has 1 aromatic heterocycles. The van der Waals surface area contributed by atoms with Gasteiger partial charge in [0.15, 0.2) is 0 Å². The van der Waals surface area contributed by atoms with Gasteiger partial charge < -0.3 is 9.73 Å². The van der Waals surface area contributed by atoms with E-state index < -0.39 is 6.01 Å². The van der Waals surface area contributed by atoms with Gasteiger partial charge in [-0.3, -0.25) is 0 Å². The summed E-state index contributed by atoms with van der Waals surface area (Å²) >= 11 is 1.77. The summed E-state index contributed by atoms with van der Waals surface area (Å²) in [6.45, 7) is 1.52. The number of thioether (sulfide) groups is 1. The lowest BCUT2D eigenvalue weighted by Gasteiger charge is -1.99. The fourth-order valence-corrected chi connectivity index (χ4v) is 1.18. The first kappa shape index (κ1) is 9.61. The molecule has 1 aromatic rings. The van der Waals surface area contributed by atoms with Gasteiger partial charge in [-0.25, -0.2) is 0 Å². The van der Waals surface area contributed by atoms with E-state index in [1.807, 2.05) is 6.26 Å². The molecule has 0 bridgehead atoms. The first-order chi connectivity index (χ1) is 5.83. The molecule has 0 unspecified atom stereocenters. The Morgan fingerprint density at radius 3 is 3.00 bits per heavy atom. The minimum Gasteiger partial charge on any atom is -0.435 e. The highest BCUT2D eigenvalue weighted by Gasteiger charge is 1.98. The van der Waals surface area contributed by atoms with E-state index in [1.54, 1.807) is 17.8 Å². The molecule has 0 fully saturated rings. The van der Waals surface area contributed by atoms with Crippen LogP contribution in [-0.2, 0) is 6.54 Å². The molecule has 0 aromatic carbocycles. The molecule has 12 heavy (non-hydrogen) atoms. The monoisotopic (exact) mass is 189 g/mol. The maximum atomic E-state index is 12.3. The van der Waals surface area contributed by atoms with Crippen LogP contribution in [0.5, 0.6) is 0 Å². The van der Waals surface area contributed by atoms with Crippen molar-refractivity contribution in [2.24, 2.45) is 0 Å².